The Morgan fingerprint density at radius 3 is 2.83 bits per heavy atom. The van der Waals surface area contributed by atoms with Gasteiger partial charge in [-0.15, -0.1) is 6.58 Å². The molecule has 0 aromatic heterocycles. The molecule has 0 N–H and O–H groups in total. The quantitative estimate of drug-likeness (QED) is 0.573. The minimum Gasteiger partial charge on any atom is -0.381 e. The van der Waals surface area contributed by atoms with Crippen molar-refractivity contribution in [2.75, 3.05) is 13.2 Å². The molecule has 1 aliphatic heterocycles. The van der Waals surface area contributed by atoms with Crippen LogP contribution in [0.25, 0.3) is 0 Å². The monoisotopic (exact) mass is 168 g/mol. The summed E-state index contributed by atoms with van der Waals surface area (Å²) < 4.78 is 5.48. The summed E-state index contributed by atoms with van der Waals surface area (Å²) in [5.41, 5.74) is 0.503. The smallest absolute Gasteiger partial charge is 0.0523 e. The van der Waals surface area contributed by atoms with E-state index in [0.29, 0.717) is 5.41 Å². The van der Waals surface area contributed by atoms with E-state index in [0.717, 1.165) is 19.6 Å². The highest BCUT2D eigenvalue weighted by molar-refractivity contribution is 4.85. The molecule has 12 heavy (non-hydrogen) atoms. The van der Waals surface area contributed by atoms with E-state index in [1.54, 1.807) is 0 Å². The van der Waals surface area contributed by atoms with Crippen LogP contribution in [0.1, 0.15) is 39.0 Å². The molecule has 0 amide bonds. The molecule has 1 atom stereocenters. The zero-order valence-electron chi connectivity index (χ0n) is 8.14. The van der Waals surface area contributed by atoms with Crippen LogP contribution in [0.5, 0.6) is 0 Å². The SMILES string of the molecule is C=CCCC1(CCC)CCOC1. The lowest BCUT2D eigenvalue weighted by Gasteiger charge is -2.26. The van der Waals surface area contributed by atoms with E-state index in [2.05, 4.69) is 13.5 Å². The van der Waals surface area contributed by atoms with Crippen LogP contribution in [0.3, 0.4) is 0 Å². The van der Waals surface area contributed by atoms with Gasteiger partial charge in [-0.05, 0) is 31.1 Å². The van der Waals surface area contributed by atoms with Crippen molar-refractivity contribution in [3.05, 3.63) is 12.7 Å². The lowest BCUT2D eigenvalue weighted by atomic mass is 9.79. The molecule has 1 aliphatic rings. The van der Waals surface area contributed by atoms with Crippen molar-refractivity contribution in [2.45, 2.75) is 39.0 Å². The second-order valence-electron chi connectivity index (χ2n) is 3.88. The van der Waals surface area contributed by atoms with Crippen LogP contribution in [-0.4, -0.2) is 13.2 Å². The summed E-state index contributed by atoms with van der Waals surface area (Å²) >= 11 is 0. The second-order valence-corrected chi connectivity index (χ2v) is 3.88. The average Bonchev–Trinajstić information content (AvgIpc) is 2.51. The first kappa shape index (κ1) is 9.79. The van der Waals surface area contributed by atoms with Gasteiger partial charge in [-0.1, -0.05) is 19.4 Å². The molecule has 1 saturated heterocycles. The molecule has 0 aliphatic carbocycles. The van der Waals surface area contributed by atoms with Crippen molar-refractivity contribution in [1.29, 1.82) is 0 Å². The highest BCUT2D eigenvalue weighted by Gasteiger charge is 2.32. The van der Waals surface area contributed by atoms with Crippen LogP contribution in [0.2, 0.25) is 0 Å². The number of hydrogen-bond donors (Lipinski definition) is 0. The minimum atomic E-state index is 0.503. The number of allylic oxidation sites excluding steroid dienone is 1. The Hall–Kier alpha value is -0.300. The number of hydrogen-bond acceptors (Lipinski definition) is 1. The Labute approximate surface area is 75.8 Å². The molecule has 1 rings (SSSR count). The van der Waals surface area contributed by atoms with Gasteiger partial charge in [-0.3, -0.25) is 0 Å². The maximum absolute atomic E-state index is 5.48. The van der Waals surface area contributed by atoms with Crippen LogP contribution in [-0.2, 0) is 4.74 Å². The molecule has 0 saturated carbocycles. The Morgan fingerprint density at radius 2 is 2.33 bits per heavy atom. The highest BCUT2D eigenvalue weighted by Crippen LogP contribution is 2.38. The van der Waals surface area contributed by atoms with Gasteiger partial charge in [0.15, 0.2) is 0 Å². The van der Waals surface area contributed by atoms with E-state index in [-0.39, 0.29) is 0 Å². The van der Waals surface area contributed by atoms with Gasteiger partial charge in [0.25, 0.3) is 0 Å². The summed E-state index contributed by atoms with van der Waals surface area (Å²) in [4.78, 5) is 0. The van der Waals surface area contributed by atoms with Gasteiger partial charge in [0.1, 0.15) is 0 Å². The third-order valence-corrected chi connectivity index (χ3v) is 2.84. The van der Waals surface area contributed by atoms with Gasteiger partial charge >= 0.3 is 0 Å². The van der Waals surface area contributed by atoms with Gasteiger partial charge in [-0.25, -0.2) is 0 Å². The van der Waals surface area contributed by atoms with Gasteiger partial charge in [0.2, 0.25) is 0 Å². The van der Waals surface area contributed by atoms with E-state index in [1.807, 2.05) is 6.08 Å². The van der Waals surface area contributed by atoms with Gasteiger partial charge < -0.3 is 4.74 Å². The highest BCUT2D eigenvalue weighted by atomic mass is 16.5. The Kier molecular flexibility index (Phi) is 3.80. The predicted molar refractivity (Wildman–Crippen MR) is 52.2 cm³/mol. The summed E-state index contributed by atoms with van der Waals surface area (Å²) in [6.45, 7) is 7.98. The Bertz CT molecular complexity index is 134. The first-order valence-electron chi connectivity index (χ1n) is 5.02. The summed E-state index contributed by atoms with van der Waals surface area (Å²) in [5, 5.41) is 0. The van der Waals surface area contributed by atoms with Crippen molar-refractivity contribution in [3.63, 3.8) is 0 Å². The van der Waals surface area contributed by atoms with E-state index in [1.165, 1.54) is 25.7 Å². The zero-order chi connectivity index (χ0) is 8.86. The Morgan fingerprint density at radius 1 is 1.50 bits per heavy atom. The molecule has 0 aromatic carbocycles. The van der Waals surface area contributed by atoms with Gasteiger partial charge in [0.05, 0.1) is 6.61 Å². The Balaban J connectivity index is 2.40. The van der Waals surface area contributed by atoms with E-state index in [9.17, 15) is 0 Å². The lowest BCUT2D eigenvalue weighted by molar-refractivity contribution is 0.139. The average molecular weight is 168 g/mol. The van der Waals surface area contributed by atoms with Crippen LogP contribution in [0.15, 0.2) is 12.7 Å². The normalized spacial score (nSPS) is 29.1. The molecule has 70 valence electrons. The lowest BCUT2D eigenvalue weighted by Crippen LogP contribution is -2.20. The fourth-order valence-corrected chi connectivity index (χ4v) is 2.11. The predicted octanol–water partition coefficient (Wildman–Crippen LogP) is 3.16. The van der Waals surface area contributed by atoms with Crippen LogP contribution in [0.4, 0.5) is 0 Å². The molecular formula is C11H20O. The van der Waals surface area contributed by atoms with Crippen LogP contribution >= 0.6 is 0 Å². The maximum Gasteiger partial charge on any atom is 0.0523 e. The molecule has 0 bridgehead atoms. The van der Waals surface area contributed by atoms with Crippen molar-refractivity contribution < 1.29 is 4.74 Å². The van der Waals surface area contributed by atoms with Gasteiger partial charge in [-0.2, -0.15) is 0 Å². The molecule has 1 nitrogen and oxygen atoms in total. The molecule has 0 spiro atoms. The molecular weight excluding hydrogens is 148 g/mol. The summed E-state index contributed by atoms with van der Waals surface area (Å²) in [5.74, 6) is 0. The van der Waals surface area contributed by atoms with E-state index >= 15 is 0 Å². The standard InChI is InChI=1S/C11H20O/c1-3-5-7-11(6-4-2)8-9-12-10-11/h3H,1,4-10H2,2H3. The first-order chi connectivity index (χ1) is 5.83. The third-order valence-electron chi connectivity index (χ3n) is 2.84. The van der Waals surface area contributed by atoms with E-state index in [4.69, 9.17) is 4.74 Å². The number of ether oxygens (including phenoxy) is 1. The first-order valence-corrected chi connectivity index (χ1v) is 5.02. The second kappa shape index (κ2) is 4.66. The zero-order valence-corrected chi connectivity index (χ0v) is 8.14. The fourth-order valence-electron chi connectivity index (χ4n) is 2.11. The summed E-state index contributed by atoms with van der Waals surface area (Å²) in [6.07, 6.45) is 8.29. The fraction of sp³-hybridized carbons (Fsp3) is 0.818. The number of rotatable bonds is 5. The molecule has 1 heteroatoms. The van der Waals surface area contributed by atoms with E-state index < -0.39 is 0 Å². The molecule has 1 unspecified atom stereocenters. The van der Waals surface area contributed by atoms with Crippen molar-refractivity contribution in [1.82, 2.24) is 0 Å². The molecule has 0 aromatic rings. The van der Waals surface area contributed by atoms with Crippen LogP contribution in [0, 0.1) is 5.41 Å². The maximum atomic E-state index is 5.48. The summed E-state index contributed by atoms with van der Waals surface area (Å²) in [6, 6.07) is 0. The molecule has 1 heterocycles. The third kappa shape index (κ3) is 2.34. The van der Waals surface area contributed by atoms with Crippen molar-refractivity contribution in [3.8, 4) is 0 Å². The topological polar surface area (TPSA) is 9.23 Å². The largest absolute Gasteiger partial charge is 0.381 e. The summed E-state index contributed by atoms with van der Waals surface area (Å²) in [7, 11) is 0. The molecule has 1 fully saturated rings. The molecule has 0 radical (unpaired) electrons. The van der Waals surface area contributed by atoms with Gasteiger partial charge in [0, 0.05) is 6.61 Å². The van der Waals surface area contributed by atoms with Crippen LogP contribution < -0.4 is 0 Å². The van der Waals surface area contributed by atoms with Crippen molar-refractivity contribution in [2.24, 2.45) is 5.41 Å². The minimum absolute atomic E-state index is 0.503. The van der Waals surface area contributed by atoms with Crippen molar-refractivity contribution >= 4 is 0 Å².